The molecule has 0 radical (unpaired) electrons. The first-order valence-electron chi connectivity index (χ1n) is 5.25. The lowest BCUT2D eigenvalue weighted by atomic mass is 10.0. The molecule has 0 amide bonds. The second-order valence-corrected chi connectivity index (χ2v) is 4.80. The maximum atomic E-state index is 6.09. The monoisotopic (exact) mass is 269 g/mol. The molecule has 0 spiro atoms. The Morgan fingerprint density at radius 2 is 2.12 bits per heavy atom. The molecule has 0 saturated heterocycles. The normalized spacial score (nSPS) is 12.7. The minimum Gasteiger partial charge on any atom is -0.322 e. The van der Waals surface area contributed by atoms with Gasteiger partial charge in [0.2, 0.25) is 0 Å². The van der Waals surface area contributed by atoms with Crippen LogP contribution in [-0.4, -0.2) is 9.78 Å². The Kier molecular flexibility index (Phi) is 3.72. The summed E-state index contributed by atoms with van der Waals surface area (Å²) in [6, 6.07) is 7.12. The third-order valence-corrected chi connectivity index (χ3v) is 3.17. The van der Waals surface area contributed by atoms with Crippen LogP contribution in [0, 0.1) is 0 Å². The molecule has 1 aromatic heterocycles. The van der Waals surface area contributed by atoms with Crippen LogP contribution < -0.4 is 5.73 Å². The zero-order valence-corrected chi connectivity index (χ0v) is 10.9. The lowest BCUT2D eigenvalue weighted by Crippen LogP contribution is -2.14. The highest BCUT2D eigenvalue weighted by molar-refractivity contribution is 6.33. The predicted molar refractivity (Wildman–Crippen MR) is 70.3 cm³/mol. The van der Waals surface area contributed by atoms with Crippen LogP contribution in [0.2, 0.25) is 10.0 Å². The van der Waals surface area contributed by atoms with Crippen molar-refractivity contribution in [1.29, 1.82) is 0 Å². The van der Waals surface area contributed by atoms with Gasteiger partial charge >= 0.3 is 0 Å². The van der Waals surface area contributed by atoms with Gasteiger partial charge in [0.15, 0.2) is 0 Å². The SMILES string of the molecule is Cn1ccc(C(N)Cc2cc(Cl)ccc2Cl)n1. The summed E-state index contributed by atoms with van der Waals surface area (Å²) in [5.41, 5.74) is 7.87. The highest BCUT2D eigenvalue weighted by Gasteiger charge is 2.12. The first-order chi connectivity index (χ1) is 8.06. The van der Waals surface area contributed by atoms with Crippen LogP contribution in [0.15, 0.2) is 30.5 Å². The number of hydrogen-bond donors (Lipinski definition) is 1. The van der Waals surface area contributed by atoms with Gasteiger partial charge in [0, 0.05) is 23.3 Å². The number of nitrogens with two attached hydrogens (primary N) is 1. The van der Waals surface area contributed by atoms with E-state index in [-0.39, 0.29) is 6.04 Å². The van der Waals surface area contributed by atoms with Crippen LogP contribution in [0.3, 0.4) is 0 Å². The highest BCUT2D eigenvalue weighted by atomic mass is 35.5. The third kappa shape index (κ3) is 3.00. The van der Waals surface area contributed by atoms with Gasteiger partial charge in [0.25, 0.3) is 0 Å². The molecule has 2 aromatic rings. The van der Waals surface area contributed by atoms with Crippen molar-refractivity contribution in [3.8, 4) is 0 Å². The summed E-state index contributed by atoms with van der Waals surface area (Å²) in [6.07, 6.45) is 2.49. The van der Waals surface area contributed by atoms with Gasteiger partial charge in [-0.05, 0) is 36.2 Å². The van der Waals surface area contributed by atoms with Crippen molar-refractivity contribution < 1.29 is 0 Å². The number of aromatic nitrogens is 2. The Morgan fingerprint density at radius 1 is 1.35 bits per heavy atom. The van der Waals surface area contributed by atoms with Crippen molar-refractivity contribution in [3.63, 3.8) is 0 Å². The molecule has 1 atom stereocenters. The zero-order chi connectivity index (χ0) is 12.4. The smallest absolute Gasteiger partial charge is 0.0795 e. The molecule has 2 rings (SSSR count). The first kappa shape index (κ1) is 12.4. The van der Waals surface area contributed by atoms with E-state index in [1.807, 2.05) is 25.4 Å². The topological polar surface area (TPSA) is 43.8 Å². The summed E-state index contributed by atoms with van der Waals surface area (Å²) in [5.74, 6) is 0. The average molecular weight is 270 g/mol. The van der Waals surface area contributed by atoms with Crippen molar-refractivity contribution in [3.05, 3.63) is 51.8 Å². The van der Waals surface area contributed by atoms with Gasteiger partial charge in [-0.15, -0.1) is 0 Å². The fourth-order valence-electron chi connectivity index (χ4n) is 1.67. The predicted octanol–water partition coefficient (Wildman–Crippen LogP) is 2.97. The number of nitrogens with zero attached hydrogens (tertiary/aromatic N) is 2. The van der Waals surface area contributed by atoms with E-state index >= 15 is 0 Å². The molecular weight excluding hydrogens is 257 g/mol. The van der Waals surface area contributed by atoms with Gasteiger partial charge in [0.1, 0.15) is 0 Å². The standard InChI is InChI=1S/C12H13Cl2N3/c1-17-5-4-12(16-17)11(15)7-8-6-9(13)2-3-10(8)14/h2-6,11H,7,15H2,1H3. The molecule has 1 heterocycles. The zero-order valence-electron chi connectivity index (χ0n) is 9.40. The van der Waals surface area contributed by atoms with Gasteiger partial charge in [-0.3, -0.25) is 4.68 Å². The van der Waals surface area contributed by atoms with Crippen LogP contribution in [0.4, 0.5) is 0 Å². The van der Waals surface area contributed by atoms with E-state index in [9.17, 15) is 0 Å². The van der Waals surface area contributed by atoms with E-state index in [4.69, 9.17) is 28.9 Å². The van der Waals surface area contributed by atoms with Crippen molar-refractivity contribution >= 4 is 23.2 Å². The van der Waals surface area contributed by atoms with E-state index < -0.39 is 0 Å². The molecule has 3 nitrogen and oxygen atoms in total. The molecule has 1 aromatic carbocycles. The van der Waals surface area contributed by atoms with E-state index in [0.717, 1.165) is 11.3 Å². The first-order valence-corrected chi connectivity index (χ1v) is 6.01. The van der Waals surface area contributed by atoms with Gasteiger partial charge in [0.05, 0.1) is 11.7 Å². The summed E-state index contributed by atoms with van der Waals surface area (Å²) in [4.78, 5) is 0. The number of benzene rings is 1. The molecule has 90 valence electrons. The maximum Gasteiger partial charge on any atom is 0.0795 e. The third-order valence-electron chi connectivity index (χ3n) is 2.56. The van der Waals surface area contributed by atoms with Gasteiger partial charge in [-0.2, -0.15) is 5.10 Å². The largest absolute Gasteiger partial charge is 0.322 e. The lowest BCUT2D eigenvalue weighted by molar-refractivity contribution is 0.657. The highest BCUT2D eigenvalue weighted by Crippen LogP contribution is 2.24. The molecule has 0 saturated carbocycles. The second kappa shape index (κ2) is 5.08. The number of halogens is 2. The quantitative estimate of drug-likeness (QED) is 0.931. The maximum absolute atomic E-state index is 6.09. The molecule has 2 N–H and O–H groups in total. The van der Waals surface area contributed by atoms with Gasteiger partial charge in [-0.25, -0.2) is 0 Å². The number of rotatable bonds is 3. The minimum atomic E-state index is -0.174. The van der Waals surface area contributed by atoms with Gasteiger partial charge in [-0.1, -0.05) is 23.2 Å². The Hall–Kier alpha value is -1.03. The molecule has 17 heavy (non-hydrogen) atoms. The van der Waals surface area contributed by atoms with Crippen LogP contribution in [0.25, 0.3) is 0 Å². The van der Waals surface area contributed by atoms with Crippen molar-refractivity contribution in [1.82, 2.24) is 9.78 Å². The molecule has 5 heteroatoms. The molecule has 0 aliphatic rings. The van der Waals surface area contributed by atoms with E-state index in [1.165, 1.54) is 0 Å². The molecule has 0 aliphatic heterocycles. The Labute approximate surface area is 110 Å². The summed E-state index contributed by atoms with van der Waals surface area (Å²) >= 11 is 12.0. The number of aryl methyl sites for hydroxylation is 1. The summed E-state index contributed by atoms with van der Waals surface area (Å²) in [6.45, 7) is 0. The number of hydrogen-bond acceptors (Lipinski definition) is 2. The Morgan fingerprint density at radius 3 is 2.76 bits per heavy atom. The van der Waals surface area contributed by atoms with E-state index in [0.29, 0.717) is 16.5 Å². The fourth-order valence-corrected chi connectivity index (χ4v) is 2.06. The lowest BCUT2D eigenvalue weighted by Gasteiger charge is -2.10. The summed E-state index contributed by atoms with van der Waals surface area (Å²) in [5, 5.41) is 5.62. The average Bonchev–Trinajstić information content (AvgIpc) is 2.70. The molecule has 0 aliphatic carbocycles. The van der Waals surface area contributed by atoms with Crippen molar-refractivity contribution in [2.45, 2.75) is 12.5 Å². The van der Waals surface area contributed by atoms with E-state index in [1.54, 1.807) is 16.8 Å². The van der Waals surface area contributed by atoms with Gasteiger partial charge < -0.3 is 5.73 Å². The fraction of sp³-hybridized carbons (Fsp3) is 0.250. The summed E-state index contributed by atoms with van der Waals surface area (Å²) < 4.78 is 1.73. The van der Waals surface area contributed by atoms with Crippen LogP contribution >= 0.6 is 23.2 Å². The van der Waals surface area contributed by atoms with Crippen LogP contribution in [-0.2, 0) is 13.5 Å². The molecule has 0 bridgehead atoms. The Balaban J connectivity index is 2.18. The second-order valence-electron chi connectivity index (χ2n) is 3.96. The summed E-state index contributed by atoms with van der Waals surface area (Å²) in [7, 11) is 1.86. The Bertz CT molecular complexity index is 522. The van der Waals surface area contributed by atoms with E-state index in [2.05, 4.69) is 5.10 Å². The minimum absolute atomic E-state index is 0.174. The van der Waals surface area contributed by atoms with Crippen molar-refractivity contribution in [2.75, 3.05) is 0 Å². The molecular formula is C12H13Cl2N3. The van der Waals surface area contributed by atoms with Crippen LogP contribution in [0.5, 0.6) is 0 Å². The van der Waals surface area contributed by atoms with Crippen molar-refractivity contribution in [2.24, 2.45) is 12.8 Å². The van der Waals surface area contributed by atoms with Crippen LogP contribution in [0.1, 0.15) is 17.3 Å². The molecule has 0 fully saturated rings. The molecule has 1 unspecified atom stereocenters.